The van der Waals surface area contributed by atoms with E-state index in [1.54, 1.807) is 30.3 Å². The molecule has 0 saturated heterocycles. The number of benzene rings is 3. The summed E-state index contributed by atoms with van der Waals surface area (Å²) >= 11 is 0. The van der Waals surface area contributed by atoms with Gasteiger partial charge < -0.3 is 5.32 Å². The van der Waals surface area contributed by atoms with E-state index in [9.17, 15) is 8.42 Å². The quantitative estimate of drug-likeness (QED) is 0.637. The Morgan fingerprint density at radius 3 is 2.07 bits per heavy atom. The van der Waals surface area contributed by atoms with Crippen LogP contribution in [0.2, 0.25) is 0 Å². The molecule has 4 nitrogen and oxygen atoms in total. The molecule has 0 aliphatic rings. The number of hydrogen-bond acceptors (Lipinski definition) is 3. The van der Waals surface area contributed by atoms with Crippen LogP contribution in [0.3, 0.4) is 0 Å². The molecule has 0 bridgehead atoms. The van der Waals surface area contributed by atoms with Crippen LogP contribution in [0, 0.1) is 13.8 Å². The maximum absolute atomic E-state index is 12.8. The highest BCUT2D eigenvalue weighted by atomic mass is 32.2. The van der Waals surface area contributed by atoms with Gasteiger partial charge in [0.15, 0.2) is 0 Å². The zero-order chi connectivity index (χ0) is 19.3. The first-order chi connectivity index (χ1) is 13.0. The van der Waals surface area contributed by atoms with Crippen molar-refractivity contribution in [3.8, 4) is 0 Å². The maximum atomic E-state index is 12.8. The fourth-order valence-corrected chi connectivity index (χ4v) is 4.08. The molecule has 0 heterocycles. The van der Waals surface area contributed by atoms with Gasteiger partial charge in [-0.25, -0.2) is 13.1 Å². The molecule has 3 aromatic carbocycles. The molecule has 0 radical (unpaired) electrons. The molecule has 0 aromatic heterocycles. The van der Waals surface area contributed by atoms with Gasteiger partial charge in [0.1, 0.15) is 0 Å². The summed E-state index contributed by atoms with van der Waals surface area (Å²) in [6.07, 6.45) is 0. The average molecular weight is 381 g/mol. The molecule has 0 saturated carbocycles. The van der Waals surface area contributed by atoms with Gasteiger partial charge in [-0.1, -0.05) is 54.6 Å². The van der Waals surface area contributed by atoms with E-state index >= 15 is 0 Å². The van der Waals surface area contributed by atoms with Crippen molar-refractivity contribution < 1.29 is 8.42 Å². The van der Waals surface area contributed by atoms with Gasteiger partial charge in [-0.15, -0.1) is 0 Å². The molecular formula is C22H24N2O2S. The van der Waals surface area contributed by atoms with E-state index in [2.05, 4.69) is 36.0 Å². The van der Waals surface area contributed by atoms with Crippen molar-refractivity contribution in [2.75, 3.05) is 11.9 Å². The minimum Gasteiger partial charge on any atom is -0.383 e. The van der Waals surface area contributed by atoms with Crippen LogP contribution in [0.25, 0.3) is 0 Å². The Labute approximate surface area is 161 Å². The van der Waals surface area contributed by atoms with Crippen LogP contribution < -0.4 is 10.0 Å². The van der Waals surface area contributed by atoms with Crippen molar-refractivity contribution in [2.24, 2.45) is 0 Å². The molecule has 140 valence electrons. The lowest BCUT2D eigenvalue weighted by Crippen LogP contribution is -2.33. The minimum absolute atomic E-state index is 0.261. The smallest absolute Gasteiger partial charge is 0.241 e. The number of rotatable bonds is 7. The Hall–Kier alpha value is -2.63. The summed E-state index contributed by atoms with van der Waals surface area (Å²) in [5.41, 5.74) is 4.30. The van der Waals surface area contributed by atoms with Crippen molar-refractivity contribution in [1.82, 2.24) is 4.72 Å². The molecule has 1 atom stereocenters. The SMILES string of the molecule is Cc1ccc(NC[C@@H](NS(=O)(=O)c2ccccc2)c2ccccc2)cc1C. The summed E-state index contributed by atoms with van der Waals surface area (Å²) in [5, 5.41) is 3.36. The lowest BCUT2D eigenvalue weighted by molar-refractivity contribution is 0.562. The first-order valence-electron chi connectivity index (χ1n) is 8.89. The number of nitrogens with one attached hydrogen (secondary N) is 2. The van der Waals surface area contributed by atoms with Crippen LogP contribution in [0.5, 0.6) is 0 Å². The third-order valence-electron chi connectivity index (χ3n) is 4.57. The van der Waals surface area contributed by atoms with Gasteiger partial charge in [0.2, 0.25) is 10.0 Å². The summed E-state index contributed by atoms with van der Waals surface area (Å²) in [6, 6.07) is 23.8. The first-order valence-corrected chi connectivity index (χ1v) is 10.4. The third-order valence-corrected chi connectivity index (χ3v) is 6.06. The maximum Gasteiger partial charge on any atom is 0.241 e. The average Bonchev–Trinajstić information content (AvgIpc) is 2.69. The van der Waals surface area contributed by atoms with Gasteiger partial charge in [-0.3, -0.25) is 0 Å². The Bertz CT molecular complexity index is 987. The van der Waals surface area contributed by atoms with Gasteiger partial charge in [-0.05, 0) is 54.8 Å². The van der Waals surface area contributed by atoms with E-state index in [0.717, 1.165) is 11.3 Å². The summed E-state index contributed by atoms with van der Waals surface area (Å²) in [6.45, 7) is 4.58. The van der Waals surface area contributed by atoms with Crippen molar-refractivity contribution in [1.29, 1.82) is 0 Å². The van der Waals surface area contributed by atoms with Crippen LogP contribution in [0.15, 0.2) is 83.8 Å². The number of hydrogen-bond donors (Lipinski definition) is 2. The Kier molecular flexibility index (Phi) is 5.94. The van der Waals surface area contributed by atoms with Crippen LogP contribution in [-0.2, 0) is 10.0 Å². The van der Waals surface area contributed by atoms with Gasteiger partial charge in [-0.2, -0.15) is 0 Å². The largest absolute Gasteiger partial charge is 0.383 e. The number of anilines is 1. The summed E-state index contributed by atoms with van der Waals surface area (Å²) in [5.74, 6) is 0. The van der Waals surface area contributed by atoms with E-state index in [1.165, 1.54) is 11.1 Å². The van der Waals surface area contributed by atoms with Crippen molar-refractivity contribution in [3.63, 3.8) is 0 Å². The second-order valence-electron chi connectivity index (χ2n) is 6.58. The van der Waals surface area contributed by atoms with Crippen molar-refractivity contribution in [3.05, 3.63) is 95.6 Å². The lowest BCUT2D eigenvalue weighted by atomic mass is 10.1. The number of aryl methyl sites for hydroxylation is 2. The minimum atomic E-state index is -3.62. The van der Waals surface area contributed by atoms with Crippen LogP contribution in [-0.4, -0.2) is 15.0 Å². The lowest BCUT2D eigenvalue weighted by Gasteiger charge is -2.21. The van der Waals surface area contributed by atoms with E-state index < -0.39 is 16.1 Å². The normalized spacial score (nSPS) is 12.5. The van der Waals surface area contributed by atoms with Crippen LogP contribution >= 0.6 is 0 Å². The number of sulfonamides is 1. The summed E-state index contributed by atoms with van der Waals surface area (Å²) in [7, 11) is -3.62. The third kappa shape index (κ3) is 4.96. The van der Waals surface area contributed by atoms with E-state index in [1.807, 2.05) is 36.4 Å². The molecule has 2 N–H and O–H groups in total. The molecule has 0 fully saturated rings. The Balaban J connectivity index is 1.82. The molecule has 0 aliphatic carbocycles. The van der Waals surface area contributed by atoms with E-state index in [4.69, 9.17) is 0 Å². The Morgan fingerprint density at radius 2 is 1.44 bits per heavy atom. The van der Waals surface area contributed by atoms with E-state index in [0.29, 0.717) is 6.54 Å². The Morgan fingerprint density at radius 1 is 0.815 bits per heavy atom. The molecule has 3 aromatic rings. The fraction of sp³-hybridized carbons (Fsp3) is 0.182. The molecule has 0 spiro atoms. The summed E-state index contributed by atoms with van der Waals surface area (Å²) in [4.78, 5) is 0.261. The first kappa shape index (κ1) is 19.1. The molecule has 27 heavy (non-hydrogen) atoms. The molecule has 0 unspecified atom stereocenters. The zero-order valence-corrected chi connectivity index (χ0v) is 16.3. The van der Waals surface area contributed by atoms with Crippen LogP contribution in [0.4, 0.5) is 5.69 Å². The molecule has 5 heteroatoms. The van der Waals surface area contributed by atoms with Crippen molar-refractivity contribution >= 4 is 15.7 Å². The molecule has 0 aliphatic heterocycles. The highest BCUT2D eigenvalue weighted by Gasteiger charge is 2.21. The van der Waals surface area contributed by atoms with Gasteiger partial charge in [0.25, 0.3) is 0 Å². The second kappa shape index (κ2) is 8.37. The van der Waals surface area contributed by atoms with Gasteiger partial charge in [0.05, 0.1) is 10.9 Å². The van der Waals surface area contributed by atoms with Gasteiger partial charge >= 0.3 is 0 Å². The highest BCUT2D eigenvalue weighted by molar-refractivity contribution is 7.89. The predicted octanol–water partition coefficient (Wildman–Crippen LogP) is 4.44. The monoisotopic (exact) mass is 380 g/mol. The second-order valence-corrected chi connectivity index (χ2v) is 8.29. The van der Waals surface area contributed by atoms with Gasteiger partial charge in [0, 0.05) is 12.2 Å². The van der Waals surface area contributed by atoms with E-state index in [-0.39, 0.29) is 4.90 Å². The topological polar surface area (TPSA) is 58.2 Å². The predicted molar refractivity (Wildman–Crippen MR) is 110 cm³/mol. The standard InChI is InChI=1S/C22H24N2O2S/c1-17-13-14-20(15-18(17)2)23-16-22(19-9-5-3-6-10-19)24-27(25,26)21-11-7-4-8-12-21/h3-15,22-24H,16H2,1-2H3/t22-/m1/s1. The van der Waals surface area contributed by atoms with Crippen LogP contribution in [0.1, 0.15) is 22.7 Å². The molecule has 0 amide bonds. The van der Waals surface area contributed by atoms with Crippen molar-refractivity contribution in [2.45, 2.75) is 24.8 Å². The molecular weight excluding hydrogens is 356 g/mol. The zero-order valence-electron chi connectivity index (χ0n) is 15.5. The highest BCUT2D eigenvalue weighted by Crippen LogP contribution is 2.20. The fourth-order valence-electron chi connectivity index (χ4n) is 2.84. The molecule has 3 rings (SSSR count). The summed E-state index contributed by atoms with van der Waals surface area (Å²) < 4.78 is 28.4.